The predicted octanol–water partition coefficient (Wildman–Crippen LogP) is 3.06. The summed E-state index contributed by atoms with van der Waals surface area (Å²) in [5.41, 5.74) is 4.15. The lowest BCUT2D eigenvalue weighted by molar-refractivity contribution is -0.387. The molecule has 0 amide bonds. The lowest BCUT2D eigenvalue weighted by Crippen LogP contribution is -2.71. The van der Waals surface area contributed by atoms with Gasteiger partial charge < -0.3 is 9.32 Å². The van der Waals surface area contributed by atoms with Crippen LogP contribution < -0.4 is 9.62 Å². The standard InChI is InChI=1S/C20H25N5OS/c1-3-16-6-4-7-19(21-16)23-27-25-11-5-10-24(12-13-25)20-22-17-14-15(2)8-9-18(17)26-20/h4,6-9,14H,3,5,10-13H2,1-2H3,(H,21,23)/p+1. The van der Waals surface area contributed by atoms with E-state index in [-0.39, 0.29) is 0 Å². The van der Waals surface area contributed by atoms with Gasteiger partial charge in [-0.3, -0.25) is 0 Å². The van der Waals surface area contributed by atoms with Crippen molar-refractivity contribution in [2.75, 3.05) is 31.1 Å². The van der Waals surface area contributed by atoms with Crippen LogP contribution in [-0.4, -0.2) is 40.5 Å². The van der Waals surface area contributed by atoms with Crippen molar-refractivity contribution in [3.05, 3.63) is 47.7 Å². The van der Waals surface area contributed by atoms with Gasteiger partial charge in [-0.2, -0.15) is 9.29 Å². The lowest BCUT2D eigenvalue weighted by Gasteiger charge is -2.17. The van der Waals surface area contributed by atoms with Crippen molar-refractivity contribution in [1.82, 2.24) is 14.3 Å². The van der Waals surface area contributed by atoms with Crippen LogP contribution in [0.25, 0.3) is 11.1 Å². The highest BCUT2D eigenvalue weighted by Crippen LogP contribution is 2.24. The Morgan fingerprint density at radius 2 is 2.04 bits per heavy atom. The number of aryl methyl sites for hydroxylation is 2. The van der Waals surface area contributed by atoms with E-state index in [1.54, 1.807) is 12.1 Å². The predicted molar refractivity (Wildman–Crippen MR) is 110 cm³/mol. The Morgan fingerprint density at radius 1 is 1.11 bits per heavy atom. The summed E-state index contributed by atoms with van der Waals surface area (Å²) in [4.78, 5) is 11.6. The Bertz CT molecular complexity index is 912. The molecule has 4 rings (SSSR count). The van der Waals surface area contributed by atoms with Crippen molar-refractivity contribution in [3.63, 3.8) is 0 Å². The Kier molecular flexibility index (Phi) is 5.61. The number of hydrogen-bond acceptors (Lipinski definition) is 6. The molecule has 0 aliphatic carbocycles. The summed E-state index contributed by atoms with van der Waals surface area (Å²) in [5.74, 6) is 1.04. The molecule has 0 saturated carbocycles. The minimum Gasteiger partial charge on any atom is -0.423 e. The zero-order valence-corrected chi connectivity index (χ0v) is 16.7. The van der Waals surface area contributed by atoms with Gasteiger partial charge in [0.05, 0.1) is 0 Å². The van der Waals surface area contributed by atoms with Crippen molar-refractivity contribution >= 4 is 35.1 Å². The smallest absolute Gasteiger partial charge is 0.298 e. The SMILES string of the molecule is CCc1cccc([NH2+]SN2CCCN(c3nc4cc(C)ccc4o3)CC2)n1. The van der Waals surface area contributed by atoms with E-state index in [1.807, 2.05) is 6.07 Å². The van der Waals surface area contributed by atoms with Crippen LogP contribution in [0.3, 0.4) is 0 Å². The molecule has 0 spiro atoms. The van der Waals surface area contributed by atoms with E-state index in [0.29, 0.717) is 0 Å². The van der Waals surface area contributed by atoms with Gasteiger partial charge in [0.25, 0.3) is 6.01 Å². The molecule has 1 aliphatic rings. The van der Waals surface area contributed by atoms with Gasteiger partial charge in [-0.25, -0.2) is 9.71 Å². The van der Waals surface area contributed by atoms with Gasteiger partial charge in [0.15, 0.2) is 17.7 Å². The fourth-order valence-corrected chi connectivity index (χ4v) is 4.05. The molecule has 2 N–H and O–H groups in total. The van der Waals surface area contributed by atoms with Gasteiger partial charge in [-0.15, -0.1) is 0 Å². The highest BCUT2D eigenvalue weighted by Gasteiger charge is 2.21. The number of anilines is 1. The number of rotatable bonds is 5. The minimum absolute atomic E-state index is 0.740. The topological polar surface area (TPSA) is 62.0 Å². The molecule has 1 aliphatic heterocycles. The Morgan fingerprint density at radius 3 is 2.93 bits per heavy atom. The van der Waals surface area contributed by atoms with Gasteiger partial charge in [-0.05, 0) is 43.5 Å². The second kappa shape index (κ2) is 8.29. The van der Waals surface area contributed by atoms with Crippen molar-refractivity contribution in [1.29, 1.82) is 0 Å². The summed E-state index contributed by atoms with van der Waals surface area (Å²) in [5, 5.41) is 0. The highest BCUT2D eigenvalue weighted by atomic mass is 32.2. The van der Waals surface area contributed by atoms with E-state index in [9.17, 15) is 0 Å². The summed E-state index contributed by atoms with van der Waals surface area (Å²) in [6, 6.07) is 13.1. The summed E-state index contributed by atoms with van der Waals surface area (Å²) >= 11 is 1.76. The zero-order valence-electron chi connectivity index (χ0n) is 15.9. The van der Waals surface area contributed by atoms with E-state index in [0.717, 1.165) is 67.6 Å². The largest absolute Gasteiger partial charge is 0.423 e. The molecule has 3 aromatic rings. The van der Waals surface area contributed by atoms with Crippen molar-refractivity contribution < 1.29 is 9.14 Å². The molecule has 0 radical (unpaired) electrons. The molecule has 142 valence electrons. The number of quaternary nitrogens is 1. The molecule has 27 heavy (non-hydrogen) atoms. The summed E-state index contributed by atoms with van der Waals surface area (Å²) in [6.45, 7) is 8.10. The number of benzene rings is 1. The van der Waals surface area contributed by atoms with Crippen molar-refractivity contribution in [2.24, 2.45) is 0 Å². The quantitative estimate of drug-likeness (QED) is 0.682. The molecule has 1 fully saturated rings. The van der Waals surface area contributed by atoms with Crippen LogP contribution in [0.2, 0.25) is 0 Å². The average Bonchev–Trinajstić information content (AvgIpc) is 2.96. The molecule has 7 heteroatoms. The second-order valence-corrected chi connectivity index (χ2v) is 7.83. The number of nitrogens with two attached hydrogens (primary N) is 1. The molecule has 2 aromatic heterocycles. The van der Waals surface area contributed by atoms with Crippen LogP contribution in [0.5, 0.6) is 0 Å². The van der Waals surface area contributed by atoms with Gasteiger partial charge in [0.1, 0.15) is 5.52 Å². The first-order valence-electron chi connectivity index (χ1n) is 9.54. The van der Waals surface area contributed by atoms with Crippen LogP contribution >= 0.6 is 12.1 Å². The normalized spacial score (nSPS) is 16.0. The van der Waals surface area contributed by atoms with Gasteiger partial charge in [-0.1, -0.05) is 19.1 Å². The maximum absolute atomic E-state index is 5.98. The van der Waals surface area contributed by atoms with E-state index in [2.05, 4.69) is 63.1 Å². The lowest BCUT2D eigenvalue weighted by atomic mass is 10.2. The molecule has 0 unspecified atom stereocenters. The molecular weight excluding hydrogens is 358 g/mol. The molecule has 1 saturated heterocycles. The molecule has 6 nitrogen and oxygen atoms in total. The van der Waals surface area contributed by atoms with Crippen LogP contribution in [-0.2, 0) is 6.42 Å². The molecular formula is C20H26N5OS+. The number of oxazole rings is 1. The van der Waals surface area contributed by atoms with Crippen LogP contribution in [0.1, 0.15) is 24.6 Å². The molecule has 0 bridgehead atoms. The summed E-state index contributed by atoms with van der Waals surface area (Å²) in [6.07, 6.45) is 2.05. The van der Waals surface area contributed by atoms with Gasteiger partial charge in [0.2, 0.25) is 5.82 Å². The summed E-state index contributed by atoms with van der Waals surface area (Å²) in [7, 11) is 0. The highest BCUT2D eigenvalue weighted by molar-refractivity contribution is 7.90. The fraction of sp³-hybridized carbons (Fsp3) is 0.400. The number of hydrogen-bond donors (Lipinski definition) is 1. The third-order valence-corrected chi connectivity index (χ3v) is 5.78. The Hall–Kier alpha value is -2.09. The fourth-order valence-electron chi connectivity index (χ4n) is 3.24. The van der Waals surface area contributed by atoms with Crippen LogP contribution in [0.4, 0.5) is 11.8 Å². The van der Waals surface area contributed by atoms with E-state index < -0.39 is 0 Å². The van der Waals surface area contributed by atoms with Crippen molar-refractivity contribution in [3.8, 4) is 0 Å². The number of nitrogens with zero attached hydrogens (tertiary/aromatic N) is 4. The van der Waals surface area contributed by atoms with Crippen LogP contribution in [0.15, 0.2) is 40.8 Å². The molecule has 0 atom stereocenters. The third kappa shape index (κ3) is 4.43. The van der Waals surface area contributed by atoms with E-state index in [1.165, 1.54) is 5.56 Å². The van der Waals surface area contributed by atoms with E-state index in [4.69, 9.17) is 9.40 Å². The first-order chi connectivity index (χ1) is 13.2. The minimum atomic E-state index is 0.740. The number of pyridine rings is 1. The Labute approximate surface area is 164 Å². The first kappa shape index (κ1) is 18.3. The first-order valence-corrected chi connectivity index (χ1v) is 10.4. The monoisotopic (exact) mass is 384 g/mol. The summed E-state index contributed by atoms with van der Waals surface area (Å²) < 4.78 is 10.5. The maximum Gasteiger partial charge on any atom is 0.298 e. The van der Waals surface area contributed by atoms with Crippen LogP contribution in [0, 0.1) is 6.92 Å². The van der Waals surface area contributed by atoms with Gasteiger partial charge >= 0.3 is 0 Å². The van der Waals surface area contributed by atoms with Crippen molar-refractivity contribution in [2.45, 2.75) is 26.7 Å². The van der Waals surface area contributed by atoms with E-state index >= 15 is 0 Å². The average molecular weight is 385 g/mol. The Balaban J connectivity index is 1.36. The second-order valence-electron chi connectivity index (χ2n) is 6.87. The molecule has 3 heterocycles. The number of aromatic nitrogens is 2. The molecule has 1 aromatic carbocycles. The van der Waals surface area contributed by atoms with Gasteiger partial charge in [0, 0.05) is 37.9 Å². The third-order valence-electron chi connectivity index (χ3n) is 4.77. The maximum atomic E-state index is 5.98. The zero-order chi connectivity index (χ0) is 18.6. The number of fused-ring (bicyclic) bond motifs is 1.